The SMILES string of the molecule is CC(C)(CNC(=O)CC(=O)O)S(C)(=O)=O. The van der Waals surface area contributed by atoms with Gasteiger partial charge in [0.1, 0.15) is 6.42 Å². The Labute approximate surface area is 88.6 Å². The van der Waals surface area contributed by atoms with Crippen LogP contribution in [0.2, 0.25) is 0 Å². The van der Waals surface area contributed by atoms with E-state index >= 15 is 0 Å². The molecule has 2 N–H and O–H groups in total. The summed E-state index contributed by atoms with van der Waals surface area (Å²) in [6.07, 6.45) is 0.413. The maximum absolute atomic E-state index is 11.2. The molecule has 0 unspecified atom stereocenters. The Morgan fingerprint density at radius 2 is 1.80 bits per heavy atom. The molecule has 0 aromatic carbocycles. The van der Waals surface area contributed by atoms with Gasteiger partial charge in [-0.3, -0.25) is 9.59 Å². The summed E-state index contributed by atoms with van der Waals surface area (Å²) in [7, 11) is -3.29. The van der Waals surface area contributed by atoms with Crippen molar-refractivity contribution in [1.29, 1.82) is 0 Å². The summed E-state index contributed by atoms with van der Waals surface area (Å²) in [5, 5.41) is 10.6. The molecule has 0 fully saturated rings. The van der Waals surface area contributed by atoms with E-state index in [0.717, 1.165) is 6.26 Å². The molecule has 1 amide bonds. The molecule has 0 rings (SSSR count). The lowest BCUT2D eigenvalue weighted by Gasteiger charge is -2.22. The van der Waals surface area contributed by atoms with Crippen molar-refractivity contribution in [3.05, 3.63) is 0 Å². The molecule has 7 heteroatoms. The Kier molecular flexibility index (Phi) is 4.27. The molecule has 6 nitrogen and oxygen atoms in total. The number of nitrogens with one attached hydrogen (secondary N) is 1. The van der Waals surface area contributed by atoms with Crippen LogP contribution in [0.25, 0.3) is 0 Å². The van der Waals surface area contributed by atoms with Crippen molar-refractivity contribution >= 4 is 21.7 Å². The number of carbonyl (C=O) groups is 2. The third kappa shape index (κ3) is 4.78. The van der Waals surface area contributed by atoms with Crippen molar-refractivity contribution < 1.29 is 23.1 Å². The standard InChI is InChI=1S/C8H15NO5S/c1-8(2,15(3,13)14)5-9-6(10)4-7(11)12/h4-5H2,1-3H3,(H,9,10)(H,11,12). The number of rotatable bonds is 5. The number of carboxylic acids is 1. The lowest BCUT2D eigenvalue weighted by Crippen LogP contribution is -2.44. The Morgan fingerprint density at radius 3 is 2.13 bits per heavy atom. The Morgan fingerprint density at radius 1 is 1.33 bits per heavy atom. The molecule has 0 aliphatic carbocycles. The number of hydrogen-bond acceptors (Lipinski definition) is 4. The Balaban J connectivity index is 4.29. The molecule has 0 aromatic heterocycles. The highest BCUT2D eigenvalue weighted by atomic mass is 32.2. The summed E-state index contributed by atoms with van der Waals surface area (Å²) in [5.41, 5.74) is 0. The van der Waals surface area contributed by atoms with Crippen LogP contribution >= 0.6 is 0 Å². The lowest BCUT2D eigenvalue weighted by atomic mass is 10.2. The molecule has 0 aliphatic heterocycles. The molecule has 0 aliphatic rings. The minimum Gasteiger partial charge on any atom is -0.481 e. The Hall–Kier alpha value is -1.11. The van der Waals surface area contributed by atoms with Gasteiger partial charge in [-0.05, 0) is 13.8 Å². The third-order valence-corrected chi connectivity index (χ3v) is 4.18. The van der Waals surface area contributed by atoms with Crippen LogP contribution in [0.3, 0.4) is 0 Å². The van der Waals surface area contributed by atoms with Gasteiger partial charge in [0.05, 0.1) is 4.75 Å². The van der Waals surface area contributed by atoms with Crippen LogP contribution in [0.4, 0.5) is 0 Å². The van der Waals surface area contributed by atoms with Gasteiger partial charge in [0.2, 0.25) is 5.91 Å². The van der Waals surface area contributed by atoms with E-state index < -0.39 is 32.9 Å². The second-order valence-corrected chi connectivity index (χ2v) is 6.53. The largest absolute Gasteiger partial charge is 0.481 e. The molecule has 15 heavy (non-hydrogen) atoms. The van der Waals surface area contributed by atoms with Crippen LogP contribution in [0, 0.1) is 0 Å². The fraction of sp³-hybridized carbons (Fsp3) is 0.750. The van der Waals surface area contributed by atoms with E-state index in [-0.39, 0.29) is 6.54 Å². The van der Waals surface area contributed by atoms with E-state index in [9.17, 15) is 18.0 Å². The maximum Gasteiger partial charge on any atom is 0.312 e. The first kappa shape index (κ1) is 13.9. The molecule has 88 valence electrons. The van der Waals surface area contributed by atoms with E-state index in [1.165, 1.54) is 13.8 Å². The quantitative estimate of drug-likeness (QED) is 0.622. The maximum atomic E-state index is 11.2. The monoisotopic (exact) mass is 237 g/mol. The number of amides is 1. The second kappa shape index (κ2) is 4.61. The molecule has 0 saturated heterocycles. The van der Waals surface area contributed by atoms with E-state index in [1.54, 1.807) is 0 Å². The van der Waals surface area contributed by atoms with Crippen molar-refractivity contribution in [3.8, 4) is 0 Å². The molecule has 0 radical (unpaired) electrons. The average Bonchev–Trinajstić information content (AvgIpc) is 1.97. The van der Waals surface area contributed by atoms with Gasteiger partial charge in [-0.1, -0.05) is 0 Å². The predicted molar refractivity (Wildman–Crippen MR) is 54.2 cm³/mol. The van der Waals surface area contributed by atoms with Gasteiger partial charge in [0.25, 0.3) is 0 Å². The van der Waals surface area contributed by atoms with Gasteiger partial charge in [-0.2, -0.15) is 0 Å². The van der Waals surface area contributed by atoms with Crippen LogP contribution in [0.5, 0.6) is 0 Å². The first-order valence-electron chi connectivity index (χ1n) is 4.24. The number of sulfone groups is 1. The normalized spacial score (nSPS) is 12.2. The summed E-state index contributed by atoms with van der Waals surface area (Å²) in [6.45, 7) is 2.82. The summed E-state index contributed by atoms with van der Waals surface area (Å²) < 4.78 is 21.3. The number of aliphatic carboxylic acids is 1. The van der Waals surface area contributed by atoms with E-state index in [4.69, 9.17) is 5.11 Å². The van der Waals surface area contributed by atoms with Crippen molar-refractivity contribution in [2.24, 2.45) is 0 Å². The minimum absolute atomic E-state index is 0.0993. The molecule has 0 atom stereocenters. The first-order chi connectivity index (χ1) is 6.56. The molecule has 0 spiro atoms. The number of carbonyl (C=O) groups excluding carboxylic acids is 1. The van der Waals surface area contributed by atoms with Crippen molar-refractivity contribution in [3.63, 3.8) is 0 Å². The summed E-state index contributed by atoms with van der Waals surface area (Å²) in [5.74, 6) is -1.94. The van der Waals surface area contributed by atoms with Crippen LogP contribution in [-0.4, -0.2) is 42.9 Å². The average molecular weight is 237 g/mol. The van der Waals surface area contributed by atoms with Gasteiger partial charge >= 0.3 is 5.97 Å². The summed E-state index contributed by atoms with van der Waals surface area (Å²) in [6, 6.07) is 0. The zero-order valence-corrected chi connectivity index (χ0v) is 9.72. The lowest BCUT2D eigenvalue weighted by molar-refractivity contribution is -0.140. The highest BCUT2D eigenvalue weighted by molar-refractivity contribution is 7.92. The third-order valence-electron chi connectivity index (χ3n) is 2.03. The number of hydrogen-bond donors (Lipinski definition) is 2. The topological polar surface area (TPSA) is 101 Å². The summed E-state index contributed by atoms with van der Waals surface area (Å²) in [4.78, 5) is 21.1. The zero-order chi connectivity index (χ0) is 12.3. The van der Waals surface area contributed by atoms with Crippen molar-refractivity contribution in [2.45, 2.75) is 25.0 Å². The van der Waals surface area contributed by atoms with Crippen LogP contribution < -0.4 is 5.32 Å². The van der Waals surface area contributed by atoms with E-state index in [2.05, 4.69) is 5.32 Å². The first-order valence-corrected chi connectivity index (χ1v) is 6.13. The number of carboxylic acid groups (broad SMARTS) is 1. The van der Waals surface area contributed by atoms with Crippen LogP contribution in [0.15, 0.2) is 0 Å². The minimum atomic E-state index is -3.29. The van der Waals surface area contributed by atoms with E-state index in [0.29, 0.717) is 0 Å². The molecule has 0 bridgehead atoms. The van der Waals surface area contributed by atoms with Crippen molar-refractivity contribution in [1.82, 2.24) is 5.32 Å². The second-order valence-electron chi connectivity index (χ2n) is 3.88. The highest BCUT2D eigenvalue weighted by Gasteiger charge is 2.30. The van der Waals surface area contributed by atoms with Gasteiger partial charge < -0.3 is 10.4 Å². The van der Waals surface area contributed by atoms with Crippen molar-refractivity contribution in [2.75, 3.05) is 12.8 Å². The van der Waals surface area contributed by atoms with Crippen LogP contribution in [-0.2, 0) is 19.4 Å². The smallest absolute Gasteiger partial charge is 0.312 e. The molecule has 0 heterocycles. The van der Waals surface area contributed by atoms with Gasteiger partial charge in [-0.15, -0.1) is 0 Å². The molecular weight excluding hydrogens is 222 g/mol. The highest BCUT2D eigenvalue weighted by Crippen LogP contribution is 2.13. The molecule has 0 aromatic rings. The predicted octanol–water partition coefficient (Wildman–Crippen LogP) is -0.599. The van der Waals surface area contributed by atoms with Gasteiger partial charge in [0.15, 0.2) is 9.84 Å². The van der Waals surface area contributed by atoms with Gasteiger partial charge in [0, 0.05) is 12.8 Å². The zero-order valence-electron chi connectivity index (χ0n) is 8.90. The Bertz CT molecular complexity index is 357. The fourth-order valence-electron chi connectivity index (χ4n) is 0.642. The van der Waals surface area contributed by atoms with Gasteiger partial charge in [-0.25, -0.2) is 8.42 Å². The fourth-order valence-corrected chi connectivity index (χ4v) is 0.977. The molecule has 0 saturated carbocycles. The van der Waals surface area contributed by atoms with E-state index in [1.807, 2.05) is 0 Å². The molecular formula is C8H15NO5S. The summed E-state index contributed by atoms with van der Waals surface area (Å²) >= 11 is 0. The van der Waals surface area contributed by atoms with Crippen LogP contribution in [0.1, 0.15) is 20.3 Å².